The van der Waals surface area contributed by atoms with E-state index in [1.165, 1.54) is 0 Å². The van der Waals surface area contributed by atoms with Crippen molar-refractivity contribution >= 4 is 21.8 Å². The van der Waals surface area contributed by atoms with Gasteiger partial charge in [0.15, 0.2) is 0 Å². The first kappa shape index (κ1) is 18.5. The van der Waals surface area contributed by atoms with Gasteiger partial charge < -0.3 is 5.32 Å². The Morgan fingerprint density at radius 1 is 1.24 bits per heavy atom. The van der Waals surface area contributed by atoms with Gasteiger partial charge in [0.2, 0.25) is 10.0 Å². The van der Waals surface area contributed by atoms with Crippen molar-refractivity contribution in [3.05, 3.63) is 28.8 Å². The molecule has 0 aliphatic carbocycles. The summed E-state index contributed by atoms with van der Waals surface area (Å²) in [5.74, 6) is 0.782. The van der Waals surface area contributed by atoms with Crippen LogP contribution in [0.15, 0.2) is 17.0 Å². The zero-order valence-corrected chi connectivity index (χ0v) is 15.1. The Hall–Kier alpha value is -0.560. The minimum atomic E-state index is -3.47. The smallest absolute Gasteiger partial charge is 0.241 e. The summed E-state index contributed by atoms with van der Waals surface area (Å²) < 4.78 is 28.1. The largest absolute Gasteiger partial charge is 0.316 e. The van der Waals surface area contributed by atoms with E-state index in [9.17, 15) is 8.42 Å². The van der Waals surface area contributed by atoms with E-state index in [1.54, 1.807) is 17.8 Å². The molecule has 1 atom stereocenters. The molecule has 0 aromatic heterocycles. The van der Waals surface area contributed by atoms with Gasteiger partial charge in [0.25, 0.3) is 0 Å². The van der Waals surface area contributed by atoms with Gasteiger partial charge in [-0.25, -0.2) is 13.1 Å². The average molecular weight is 331 g/mol. The van der Waals surface area contributed by atoms with Crippen molar-refractivity contribution in [3.63, 3.8) is 0 Å². The fourth-order valence-electron chi connectivity index (χ4n) is 2.26. The molecule has 1 unspecified atom stereocenters. The Kier molecular flexibility index (Phi) is 7.20. The lowest BCUT2D eigenvalue weighted by molar-refractivity contribution is 0.557. The molecule has 0 radical (unpaired) electrons. The molecule has 1 rings (SSSR count). The second kappa shape index (κ2) is 8.17. The number of thioether (sulfide) groups is 1. The third kappa shape index (κ3) is 4.98. The van der Waals surface area contributed by atoms with Crippen LogP contribution in [0, 0.1) is 13.8 Å². The van der Waals surface area contributed by atoms with Gasteiger partial charge in [-0.3, -0.25) is 0 Å². The molecule has 120 valence electrons. The molecular formula is C15H26N2O2S2. The summed E-state index contributed by atoms with van der Waals surface area (Å²) in [5, 5.41) is 3.08. The summed E-state index contributed by atoms with van der Waals surface area (Å²) >= 11 is 1.65. The molecule has 0 saturated carbocycles. The van der Waals surface area contributed by atoms with Crippen LogP contribution < -0.4 is 10.0 Å². The monoisotopic (exact) mass is 330 g/mol. The minimum absolute atomic E-state index is 0.0292. The molecule has 0 bridgehead atoms. The molecule has 0 fully saturated rings. The average Bonchev–Trinajstić information content (AvgIpc) is 2.41. The molecule has 1 aromatic rings. The summed E-state index contributed by atoms with van der Waals surface area (Å²) in [6.07, 6.45) is 2.77. The first-order chi connectivity index (χ1) is 9.85. The van der Waals surface area contributed by atoms with Crippen molar-refractivity contribution < 1.29 is 8.42 Å². The maximum atomic E-state index is 12.6. The molecule has 0 saturated heterocycles. The topological polar surface area (TPSA) is 58.2 Å². The summed E-state index contributed by atoms with van der Waals surface area (Å²) in [7, 11) is -1.61. The fourth-order valence-corrected chi connectivity index (χ4v) is 4.69. The van der Waals surface area contributed by atoms with Crippen LogP contribution in [-0.2, 0) is 16.6 Å². The number of nitrogens with one attached hydrogen (secondary N) is 2. The molecule has 0 spiro atoms. The van der Waals surface area contributed by atoms with Gasteiger partial charge in [-0.1, -0.05) is 13.0 Å². The number of hydrogen-bond acceptors (Lipinski definition) is 4. The highest BCUT2D eigenvalue weighted by Crippen LogP contribution is 2.21. The number of aryl methyl sites for hydroxylation is 2. The van der Waals surface area contributed by atoms with Crippen LogP contribution in [0.2, 0.25) is 0 Å². The van der Waals surface area contributed by atoms with E-state index in [-0.39, 0.29) is 6.04 Å². The van der Waals surface area contributed by atoms with Crippen molar-refractivity contribution in [2.24, 2.45) is 0 Å². The SMILES string of the molecule is CCC(CSC)NS(=O)(=O)c1cc(CNC)c(C)cc1C. The highest BCUT2D eigenvalue weighted by molar-refractivity contribution is 7.98. The third-order valence-corrected chi connectivity index (χ3v) is 5.87. The Bertz CT molecular complexity index is 571. The van der Waals surface area contributed by atoms with Crippen LogP contribution in [0.1, 0.15) is 30.0 Å². The molecule has 6 heteroatoms. The second-order valence-electron chi connectivity index (χ2n) is 5.26. The van der Waals surface area contributed by atoms with E-state index in [0.29, 0.717) is 11.4 Å². The first-order valence-electron chi connectivity index (χ1n) is 7.11. The molecule has 4 nitrogen and oxygen atoms in total. The first-order valence-corrected chi connectivity index (χ1v) is 9.99. The molecule has 0 aliphatic rings. The predicted molar refractivity (Wildman–Crippen MR) is 91.5 cm³/mol. The number of sulfonamides is 1. The standard InChI is InChI=1S/C15H26N2O2S2/c1-6-14(10-20-5)17-21(18,19)15-8-13(9-16-4)11(2)7-12(15)3/h7-8,14,16-17H,6,9-10H2,1-5H3. The maximum Gasteiger partial charge on any atom is 0.241 e. The third-order valence-electron chi connectivity index (χ3n) is 3.47. The lowest BCUT2D eigenvalue weighted by atomic mass is 10.1. The van der Waals surface area contributed by atoms with Crippen molar-refractivity contribution in [2.45, 2.75) is 44.7 Å². The van der Waals surface area contributed by atoms with Crippen molar-refractivity contribution in [2.75, 3.05) is 19.1 Å². The van der Waals surface area contributed by atoms with Crippen LogP contribution in [0.25, 0.3) is 0 Å². The van der Waals surface area contributed by atoms with Gasteiger partial charge in [-0.15, -0.1) is 0 Å². The number of rotatable bonds is 8. The van der Waals surface area contributed by atoms with Crippen molar-refractivity contribution in [1.82, 2.24) is 10.0 Å². The summed E-state index contributed by atoms with van der Waals surface area (Å²) in [5.41, 5.74) is 2.91. The lowest BCUT2D eigenvalue weighted by Crippen LogP contribution is -2.36. The van der Waals surface area contributed by atoms with Crippen LogP contribution >= 0.6 is 11.8 Å². The maximum absolute atomic E-state index is 12.6. The highest BCUT2D eigenvalue weighted by atomic mass is 32.2. The van der Waals surface area contributed by atoms with E-state index in [1.807, 2.05) is 40.1 Å². The molecule has 0 amide bonds. The Morgan fingerprint density at radius 2 is 1.90 bits per heavy atom. The predicted octanol–water partition coefficient (Wildman–Crippen LogP) is 2.44. The summed E-state index contributed by atoms with van der Waals surface area (Å²) in [6.45, 7) is 6.51. The summed E-state index contributed by atoms with van der Waals surface area (Å²) in [4.78, 5) is 0.387. The minimum Gasteiger partial charge on any atom is -0.316 e. The normalized spacial score (nSPS) is 13.4. The van der Waals surface area contributed by atoms with Crippen molar-refractivity contribution in [3.8, 4) is 0 Å². The lowest BCUT2D eigenvalue weighted by Gasteiger charge is -2.18. The van der Waals surface area contributed by atoms with Gasteiger partial charge >= 0.3 is 0 Å². The van der Waals surface area contributed by atoms with Crippen LogP contribution in [0.4, 0.5) is 0 Å². The molecule has 2 N–H and O–H groups in total. The Balaban J connectivity index is 3.15. The van der Waals surface area contributed by atoms with E-state index < -0.39 is 10.0 Å². The Labute approximate surface area is 133 Å². The van der Waals surface area contributed by atoms with Gasteiger partial charge in [0.05, 0.1) is 4.90 Å². The number of hydrogen-bond donors (Lipinski definition) is 2. The number of benzene rings is 1. The zero-order valence-electron chi connectivity index (χ0n) is 13.5. The second-order valence-corrected chi connectivity index (χ2v) is 7.85. The quantitative estimate of drug-likeness (QED) is 0.769. The molecule has 21 heavy (non-hydrogen) atoms. The van der Waals surface area contributed by atoms with Crippen LogP contribution in [-0.4, -0.2) is 33.5 Å². The zero-order chi connectivity index (χ0) is 16.0. The molecule has 0 heterocycles. The summed E-state index contributed by atoms with van der Waals surface area (Å²) in [6, 6.07) is 3.70. The van der Waals surface area contributed by atoms with E-state index >= 15 is 0 Å². The van der Waals surface area contributed by atoms with E-state index in [2.05, 4.69) is 10.0 Å². The van der Waals surface area contributed by atoms with Crippen molar-refractivity contribution in [1.29, 1.82) is 0 Å². The van der Waals surface area contributed by atoms with Crippen LogP contribution in [0.3, 0.4) is 0 Å². The van der Waals surface area contributed by atoms with Gasteiger partial charge in [0, 0.05) is 18.3 Å². The molecular weight excluding hydrogens is 304 g/mol. The van der Waals surface area contributed by atoms with E-state index in [4.69, 9.17) is 0 Å². The van der Waals surface area contributed by atoms with Gasteiger partial charge in [-0.2, -0.15) is 11.8 Å². The van der Waals surface area contributed by atoms with E-state index in [0.717, 1.165) is 28.9 Å². The Morgan fingerprint density at radius 3 is 2.43 bits per heavy atom. The fraction of sp³-hybridized carbons (Fsp3) is 0.600. The van der Waals surface area contributed by atoms with Gasteiger partial charge in [-0.05, 0) is 56.3 Å². The molecule has 1 aromatic carbocycles. The van der Waals surface area contributed by atoms with Gasteiger partial charge in [0.1, 0.15) is 0 Å². The van der Waals surface area contributed by atoms with Crippen LogP contribution in [0.5, 0.6) is 0 Å². The highest BCUT2D eigenvalue weighted by Gasteiger charge is 2.21. The molecule has 0 aliphatic heterocycles.